The van der Waals surface area contributed by atoms with Crippen LogP contribution in [0.3, 0.4) is 0 Å². The average Bonchev–Trinajstić information content (AvgIpc) is 3.05. The van der Waals surface area contributed by atoms with E-state index in [0.717, 1.165) is 40.4 Å². The van der Waals surface area contributed by atoms with Crippen LogP contribution in [0.2, 0.25) is 0 Å². The van der Waals surface area contributed by atoms with Gasteiger partial charge in [0.25, 0.3) is 0 Å². The normalized spacial score (nSPS) is 18.5. The Kier molecular flexibility index (Phi) is 10.7. The van der Waals surface area contributed by atoms with Gasteiger partial charge in [-0.25, -0.2) is 17.9 Å². The Morgan fingerprint density at radius 2 is 1.62 bits per heavy atom. The van der Waals surface area contributed by atoms with E-state index in [1.807, 2.05) is 62.4 Å². The molecule has 3 aromatic rings. The van der Waals surface area contributed by atoms with E-state index in [0.29, 0.717) is 18.8 Å². The number of ether oxygens (including phenoxy) is 3. The summed E-state index contributed by atoms with van der Waals surface area (Å²) in [4.78, 5) is 27.1. The van der Waals surface area contributed by atoms with Crippen molar-refractivity contribution in [2.75, 3.05) is 33.4 Å². The summed E-state index contributed by atoms with van der Waals surface area (Å²) >= 11 is 0. The average molecular weight is 666 g/mol. The van der Waals surface area contributed by atoms with E-state index in [2.05, 4.69) is 10.0 Å². The number of carbonyl (C=O) groups excluding carboxylic acids is 1. The number of sulfonamides is 1. The Morgan fingerprint density at radius 1 is 0.979 bits per heavy atom. The first-order valence-corrected chi connectivity index (χ1v) is 17.4. The Balaban J connectivity index is 1.36. The lowest BCUT2D eigenvalue weighted by molar-refractivity contribution is -0.126. The van der Waals surface area contributed by atoms with Gasteiger partial charge in [-0.15, -0.1) is 0 Å². The molecule has 12 heteroatoms. The number of nitrogens with one attached hydrogen (secondary N) is 2. The smallest absolute Gasteiger partial charge is 0.407 e. The third-order valence-corrected chi connectivity index (χ3v) is 10.2. The molecule has 3 N–H and O–H groups in total. The zero-order valence-corrected chi connectivity index (χ0v) is 27.8. The molecular formula is C35H43N3O8S. The van der Waals surface area contributed by atoms with Crippen LogP contribution >= 0.6 is 0 Å². The number of hydrogen-bond donors (Lipinski definition) is 3. The Morgan fingerprint density at radius 3 is 2.21 bits per heavy atom. The molecule has 0 saturated carbocycles. The molecule has 2 aliphatic rings. The highest BCUT2D eigenvalue weighted by molar-refractivity contribution is 7.89. The summed E-state index contributed by atoms with van der Waals surface area (Å²) in [6.07, 6.45) is 1.23. The number of methoxy groups -OCH3 is 1. The van der Waals surface area contributed by atoms with Crippen molar-refractivity contribution < 1.29 is 37.3 Å². The van der Waals surface area contributed by atoms with E-state index in [1.165, 1.54) is 12.1 Å². The molecule has 0 radical (unpaired) electrons. The van der Waals surface area contributed by atoms with Gasteiger partial charge < -0.3 is 29.5 Å². The minimum Gasteiger partial charge on any atom is -0.491 e. The third-order valence-electron chi connectivity index (χ3n) is 8.71. The van der Waals surface area contributed by atoms with Crippen molar-refractivity contribution in [2.24, 2.45) is 5.92 Å². The predicted octanol–water partition coefficient (Wildman–Crippen LogP) is 5.15. The predicted molar refractivity (Wildman–Crippen MR) is 176 cm³/mol. The van der Waals surface area contributed by atoms with Gasteiger partial charge in [-0.05, 0) is 75.9 Å². The lowest BCUT2D eigenvalue weighted by Gasteiger charge is -2.41. The monoisotopic (exact) mass is 665 g/mol. The largest absolute Gasteiger partial charge is 0.491 e. The zero-order valence-electron chi connectivity index (χ0n) is 27.0. The first-order chi connectivity index (χ1) is 22.5. The van der Waals surface area contributed by atoms with Crippen LogP contribution in [-0.2, 0) is 25.0 Å². The highest BCUT2D eigenvalue weighted by Crippen LogP contribution is 2.50. The van der Waals surface area contributed by atoms with Crippen molar-refractivity contribution in [2.45, 2.75) is 62.0 Å². The molecule has 0 bridgehead atoms. The number of rotatable bonds is 13. The molecule has 2 heterocycles. The number of unbranched alkanes of at least 4 members (excludes halogenated alkanes) is 1. The fourth-order valence-corrected chi connectivity index (χ4v) is 7.80. The van der Waals surface area contributed by atoms with Crippen LogP contribution in [0.1, 0.15) is 50.7 Å². The SMILES string of the molecule is COCCCCC1(CNC(=O)[C@H]2C[C@@H](NS(=O)(=O)c3ccc(OC(C)C)cc3)CN(C(=O)O)C2)c2ccccc2Oc2ccccc21. The van der Waals surface area contributed by atoms with E-state index < -0.39 is 33.5 Å². The Labute approximate surface area is 276 Å². The molecule has 2 amide bonds. The van der Waals surface area contributed by atoms with Crippen molar-refractivity contribution >= 4 is 22.0 Å². The molecule has 5 rings (SSSR count). The lowest BCUT2D eigenvalue weighted by atomic mass is 9.69. The zero-order chi connectivity index (χ0) is 33.6. The maximum atomic E-state index is 13.9. The number of likely N-dealkylation sites (tertiary alicyclic amines) is 1. The van der Waals surface area contributed by atoms with Crippen LogP contribution in [0.5, 0.6) is 17.2 Å². The number of piperidine rings is 1. The van der Waals surface area contributed by atoms with Crippen molar-refractivity contribution in [3.63, 3.8) is 0 Å². The number of nitrogens with zero attached hydrogens (tertiary/aromatic N) is 1. The highest BCUT2D eigenvalue weighted by Gasteiger charge is 2.43. The molecule has 2 atom stereocenters. The van der Waals surface area contributed by atoms with E-state index in [1.54, 1.807) is 19.2 Å². The van der Waals surface area contributed by atoms with E-state index >= 15 is 0 Å². The van der Waals surface area contributed by atoms with Crippen LogP contribution in [0.15, 0.2) is 77.7 Å². The molecule has 11 nitrogen and oxygen atoms in total. The number of amides is 2. The van der Waals surface area contributed by atoms with Crippen LogP contribution in [-0.4, -0.2) is 75.9 Å². The van der Waals surface area contributed by atoms with Gasteiger partial charge in [-0.1, -0.05) is 36.4 Å². The molecule has 0 aliphatic carbocycles. The van der Waals surface area contributed by atoms with Gasteiger partial charge in [0.2, 0.25) is 15.9 Å². The molecule has 0 aromatic heterocycles. The van der Waals surface area contributed by atoms with Crippen molar-refractivity contribution in [1.82, 2.24) is 14.9 Å². The minimum absolute atomic E-state index is 0.0225. The lowest BCUT2D eigenvalue weighted by Crippen LogP contribution is -2.56. The number of carboxylic acid groups (broad SMARTS) is 1. The summed E-state index contributed by atoms with van der Waals surface area (Å²) in [7, 11) is -2.33. The van der Waals surface area contributed by atoms with Crippen LogP contribution < -0.4 is 19.5 Å². The van der Waals surface area contributed by atoms with Gasteiger partial charge >= 0.3 is 6.09 Å². The topological polar surface area (TPSA) is 143 Å². The third kappa shape index (κ3) is 7.89. The Bertz CT molecular complexity index is 1620. The maximum absolute atomic E-state index is 13.9. The molecule has 47 heavy (non-hydrogen) atoms. The summed E-state index contributed by atoms with van der Waals surface area (Å²) in [5, 5.41) is 13.0. The van der Waals surface area contributed by atoms with Crippen molar-refractivity contribution in [3.8, 4) is 17.2 Å². The fraction of sp³-hybridized carbons (Fsp3) is 0.429. The number of fused-ring (bicyclic) bond motifs is 2. The second-order valence-electron chi connectivity index (χ2n) is 12.4. The summed E-state index contributed by atoms with van der Waals surface area (Å²) < 4.78 is 46.4. The first kappa shape index (κ1) is 34.2. The quantitative estimate of drug-likeness (QED) is 0.213. The van der Waals surface area contributed by atoms with Crippen molar-refractivity contribution in [1.29, 1.82) is 0 Å². The molecule has 2 aliphatic heterocycles. The standard InChI is InChI=1S/C35H43N3O8S/c1-24(2)45-27-14-16-28(17-15-27)47(42,43)37-26-20-25(21-38(22-26)34(40)41)33(39)36-23-35(18-8-9-19-44-3)29-10-4-6-12-31(29)46-32-13-7-5-11-30(32)35/h4-7,10-17,24-26,37H,8-9,18-23H2,1-3H3,(H,36,39)(H,40,41)/t25-,26+/m0/s1. The van der Waals surface area contributed by atoms with Gasteiger partial charge in [-0.2, -0.15) is 0 Å². The van der Waals surface area contributed by atoms with E-state index in [9.17, 15) is 23.1 Å². The minimum atomic E-state index is -4.01. The van der Waals surface area contributed by atoms with Crippen LogP contribution in [0.25, 0.3) is 0 Å². The van der Waals surface area contributed by atoms with Gasteiger partial charge in [0.05, 0.1) is 16.9 Å². The molecule has 1 fully saturated rings. The van der Waals surface area contributed by atoms with E-state index in [-0.39, 0.29) is 43.0 Å². The second kappa shape index (κ2) is 14.7. The Hall–Kier alpha value is -4.13. The second-order valence-corrected chi connectivity index (χ2v) is 14.1. The maximum Gasteiger partial charge on any atom is 0.407 e. The van der Waals surface area contributed by atoms with Gasteiger partial charge in [0.1, 0.15) is 17.2 Å². The first-order valence-electron chi connectivity index (χ1n) is 15.9. The molecule has 3 aromatic carbocycles. The molecule has 0 unspecified atom stereocenters. The van der Waals surface area contributed by atoms with Gasteiger partial charge in [-0.3, -0.25) is 4.79 Å². The number of hydrogen-bond acceptors (Lipinski definition) is 7. The summed E-state index contributed by atoms with van der Waals surface area (Å²) in [5.74, 6) is 0.871. The summed E-state index contributed by atoms with van der Waals surface area (Å²) in [5.41, 5.74) is 1.31. The van der Waals surface area contributed by atoms with Gasteiger partial charge in [0, 0.05) is 55.9 Å². The van der Waals surface area contributed by atoms with Crippen LogP contribution in [0, 0.1) is 5.92 Å². The van der Waals surface area contributed by atoms with Gasteiger partial charge in [0.15, 0.2) is 0 Å². The van der Waals surface area contributed by atoms with Crippen molar-refractivity contribution in [3.05, 3.63) is 83.9 Å². The highest BCUT2D eigenvalue weighted by atomic mass is 32.2. The fourth-order valence-electron chi connectivity index (χ4n) is 6.56. The summed E-state index contributed by atoms with van der Waals surface area (Å²) in [6, 6.07) is 20.9. The van der Waals surface area contributed by atoms with Crippen LogP contribution in [0.4, 0.5) is 4.79 Å². The number of para-hydroxylation sites is 2. The summed E-state index contributed by atoms with van der Waals surface area (Å²) in [6.45, 7) is 4.50. The molecule has 252 valence electrons. The molecule has 0 spiro atoms. The molecular weight excluding hydrogens is 622 g/mol. The number of carbonyl (C=O) groups is 2. The molecule has 1 saturated heterocycles. The van der Waals surface area contributed by atoms with E-state index in [4.69, 9.17) is 14.2 Å². The number of benzene rings is 3.